The normalized spacial score (nSPS) is 10.5. The number of hydrogen-bond donors (Lipinski definition) is 2. The van der Waals surface area contributed by atoms with E-state index in [1.807, 2.05) is 63.3 Å². The van der Waals surface area contributed by atoms with Crippen LogP contribution in [0.1, 0.15) is 26.3 Å². The van der Waals surface area contributed by atoms with E-state index in [1.165, 1.54) is 26.2 Å². The molecule has 3 rings (SSSR count). The van der Waals surface area contributed by atoms with Crippen molar-refractivity contribution < 1.29 is 18.3 Å². The number of benzene rings is 1. The second-order valence-electron chi connectivity index (χ2n) is 6.41. The zero-order chi connectivity index (χ0) is 26.5. The Morgan fingerprint density at radius 1 is 1.20 bits per heavy atom. The summed E-state index contributed by atoms with van der Waals surface area (Å²) in [5, 5.41) is 1.56. The number of methoxy groups -OCH3 is 2. The summed E-state index contributed by atoms with van der Waals surface area (Å²) in [7, 11) is 4.64. The summed E-state index contributed by atoms with van der Waals surface area (Å²) in [6, 6.07) is 3.75. The minimum Gasteiger partial charge on any atom is -0.481 e. The molecular weight excluding hydrogens is 496 g/mol. The van der Waals surface area contributed by atoms with Gasteiger partial charge in [0.05, 0.1) is 40.9 Å². The van der Waals surface area contributed by atoms with Gasteiger partial charge in [0.2, 0.25) is 24.1 Å². The van der Waals surface area contributed by atoms with Crippen LogP contribution in [-0.4, -0.2) is 42.6 Å². The van der Waals surface area contributed by atoms with Crippen LogP contribution in [0, 0.1) is 0 Å². The molecule has 0 aliphatic heterocycles. The van der Waals surface area contributed by atoms with Gasteiger partial charge in [0.25, 0.3) is 0 Å². The largest absolute Gasteiger partial charge is 0.481 e. The first kappa shape index (κ1) is 30.1. The Balaban J connectivity index is 0.00000145. The second-order valence-corrected chi connectivity index (χ2v) is 7.66. The SMILES string of the molecule is C/C=C\N(C)c1c(Cl)ccc2c(SNc3nc(OC)c(CC(F)F)c(OC)n3)c[nH]c12.C=C.CC. The number of nitrogens with zero attached hydrogens (tertiary/aromatic N) is 3. The number of alkyl halides is 2. The fraction of sp³-hybridized carbons (Fsp3) is 0.333. The lowest BCUT2D eigenvalue weighted by molar-refractivity contribution is 0.146. The van der Waals surface area contributed by atoms with Gasteiger partial charge in [0.1, 0.15) is 0 Å². The third-order valence-electron chi connectivity index (χ3n) is 4.40. The molecule has 7 nitrogen and oxygen atoms in total. The Bertz CT molecular complexity index is 1090. The van der Waals surface area contributed by atoms with Gasteiger partial charge in [-0.25, -0.2) is 8.78 Å². The maximum absolute atomic E-state index is 12.9. The third-order valence-corrected chi connectivity index (χ3v) is 5.54. The van der Waals surface area contributed by atoms with Crippen molar-refractivity contribution in [3.63, 3.8) is 0 Å². The third kappa shape index (κ3) is 7.50. The number of aromatic nitrogens is 3. The van der Waals surface area contributed by atoms with Gasteiger partial charge in [-0.2, -0.15) is 9.97 Å². The van der Waals surface area contributed by atoms with E-state index < -0.39 is 12.8 Å². The molecular formula is C24H32ClF2N5O2S. The van der Waals surface area contributed by atoms with Crippen LogP contribution in [0.25, 0.3) is 10.9 Å². The molecule has 0 aliphatic carbocycles. The van der Waals surface area contributed by atoms with Crippen molar-refractivity contribution in [2.24, 2.45) is 0 Å². The number of hydrogen-bond acceptors (Lipinski definition) is 7. The van der Waals surface area contributed by atoms with E-state index in [9.17, 15) is 8.78 Å². The standard InChI is InChI=1S/C20H22ClF2N5O2S.C2H6.C2H4/c1-5-8-28(2)17-13(21)7-6-11-14(10-24-16(11)17)31-27-20-25-18(29-3)12(9-15(22)23)19(26-20)30-4;2*1-2/h5-8,10,15,24H,9H2,1-4H3,(H,25,26,27);1-2H3;1-2H2/b8-5-;;. The molecule has 3 aromatic rings. The fourth-order valence-corrected chi connectivity index (χ4v) is 4.10. The lowest BCUT2D eigenvalue weighted by Crippen LogP contribution is -2.08. The van der Waals surface area contributed by atoms with Crippen molar-refractivity contribution in [2.75, 3.05) is 30.9 Å². The summed E-state index contributed by atoms with van der Waals surface area (Å²) >= 11 is 7.68. The van der Waals surface area contributed by atoms with E-state index in [1.54, 1.807) is 0 Å². The van der Waals surface area contributed by atoms with Crippen molar-refractivity contribution in [2.45, 2.75) is 38.5 Å². The van der Waals surface area contributed by atoms with Crippen molar-refractivity contribution in [3.8, 4) is 11.8 Å². The molecule has 0 bridgehead atoms. The highest BCUT2D eigenvalue weighted by Crippen LogP contribution is 2.38. The van der Waals surface area contributed by atoms with Crippen LogP contribution in [0.2, 0.25) is 5.02 Å². The predicted molar refractivity (Wildman–Crippen MR) is 143 cm³/mol. The zero-order valence-electron chi connectivity index (χ0n) is 20.8. The van der Waals surface area contributed by atoms with Gasteiger partial charge in [-0.3, -0.25) is 4.72 Å². The molecule has 2 heterocycles. The highest BCUT2D eigenvalue weighted by Gasteiger charge is 2.20. The molecule has 0 atom stereocenters. The average Bonchev–Trinajstić information content (AvgIpc) is 3.28. The highest BCUT2D eigenvalue weighted by molar-refractivity contribution is 8.00. The molecule has 11 heteroatoms. The van der Waals surface area contributed by atoms with E-state index in [-0.39, 0.29) is 23.3 Å². The molecule has 0 saturated carbocycles. The van der Waals surface area contributed by atoms with Gasteiger partial charge in [-0.05, 0) is 31.1 Å². The van der Waals surface area contributed by atoms with Gasteiger partial charge in [0, 0.05) is 25.1 Å². The molecule has 2 aromatic heterocycles. The van der Waals surface area contributed by atoms with E-state index in [0.29, 0.717) is 5.02 Å². The molecule has 0 amide bonds. The molecule has 0 spiro atoms. The molecule has 0 radical (unpaired) electrons. The first-order valence-corrected chi connectivity index (χ1v) is 11.9. The maximum atomic E-state index is 12.9. The number of H-pyrrole nitrogens is 1. The summed E-state index contributed by atoms with van der Waals surface area (Å²) in [4.78, 5) is 14.4. The second kappa shape index (κ2) is 15.1. The smallest absolute Gasteiger partial charge is 0.243 e. The lowest BCUT2D eigenvalue weighted by Gasteiger charge is -2.17. The topological polar surface area (TPSA) is 75.3 Å². The molecule has 192 valence electrons. The van der Waals surface area contributed by atoms with Crippen molar-refractivity contribution >= 4 is 46.1 Å². The Morgan fingerprint density at radius 3 is 2.31 bits per heavy atom. The average molecular weight is 528 g/mol. The quantitative estimate of drug-likeness (QED) is 0.222. The number of allylic oxidation sites excluding steroid dienone is 1. The number of rotatable bonds is 9. The van der Waals surface area contributed by atoms with E-state index in [0.717, 1.165) is 21.5 Å². The van der Waals surface area contributed by atoms with Crippen molar-refractivity contribution in [1.29, 1.82) is 0 Å². The number of anilines is 2. The Kier molecular flexibility index (Phi) is 13.0. The number of halogens is 3. The number of ether oxygens (including phenoxy) is 2. The Morgan fingerprint density at radius 2 is 1.80 bits per heavy atom. The Hall–Kier alpha value is -2.98. The molecule has 2 N–H and O–H groups in total. The maximum Gasteiger partial charge on any atom is 0.243 e. The minimum absolute atomic E-state index is 0.0382. The lowest BCUT2D eigenvalue weighted by atomic mass is 10.2. The molecule has 0 unspecified atom stereocenters. The Labute approximate surface area is 214 Å². The highest BCUT2D eigenvalue weighted by atomic mass is 35.5. The van der Waals surface area contributed by atoms with E-state index in [2.05, 4.69) is 32.8 Å². The van der Waals surface area contributed by atoms with Gasteiger partial charge >= 0.3 is 0 Å². The summed E-state index contributed by atoms with van der Waals surface area (Å²) < 4.78 is 39.2. The predicted octanol–water partition coefficient (Wildman–Crippen LogP) is 7.35. The summed E-state index contributed by atoms with van der Waals surface area (Å²) in [5.41, 5.74) is 1.84. The molecule has 35 heavy (non-hydrogen) atoms. The van der Waals surface area contributed by atoms with Crippen LogP contribution in [0.5, 0.6) is 11.8 Å². The van der Waals surface area contributed by atoms with Crippen LogP contribution in [0.4, 0.5) is 20.4 Å². The zero-order valence-corrected chi connectivity index (χ0v) is 22.4. The van der Waals surface area contributed by atoms with Gasteiger partial charge < -0.3 is 19.4 Å². The molecule has 0 saturated heterocycles. The van der Waals surface area contributed by atoms with Crippen LogP contribution in [0.3, 0.4) is 0 Å². The number of aromatic amines is 1. The van der Waals surface area contributed by atoms with Gasteiger partial charge in [-0.15, -0.1) is 13.2 Å². The summed E-state index contributed by atoms with van der Waals surface area (Å²) in [5.74, 6) is 0.249. The minimum atomic E-state index is -2.58. The van der Waals surface area contributed by atoms with Gasteiger partial charge in [-0.1, -0.05) is 37.6 Å². The molecule has 1 aromatic carbocycles. The molecule has 0 fully saturated rings. The van der Waals surface area contributed by atoms with Crippen LogP contribution < -0.4 is 19.1 Å². The first-order valence-electron chi connectivity index (χ1n) is 10.7. The van der Waals surface area contributed by atoms with Crippen LogP contribution >= 0.6 is 23.5 Å². The van der Waals surface area contributed by atoms with Gasteiger partial charge in [0.15, 0.2) is 0 Å². The summed E-state index contributed by atoms with van der Waals surface area (Å²) in [6.07, 6.45) is 2.54. The number of nitrogens with one attached hydrogen (secondary N) is 2. The van der Waals surface area contributed by atoms with E-state index in [4.69, 9.17) is 21.1 Å². The van der Waals surface area contributed by atoms with E-state index >= 15 is 0 Å². The van der Waals surface area contributed by atoms with Crippen molar-refractivity contribution in [3.05, 3.63) is 54.3 Å². The van der Waals surface area contributed by atoms with Crippen LogP contribution in [0.15, 0.2) is 48.7 Å². The summed E-state index contributed by atoms with van der Waals surface area (Å²) in [6.45, 7) is 11.9. The fourth-order valence-electron chi connectivity index (χ4n) is 3.12. The van der Waals surface area contributed by atoms with Crippen LogP contribution in [-0.2, 0) is 6.42 Å². The number of fused-ring (bicyclic) bond motifs is 1. The van der Waals surface area contributed by atoms with Crippen molar-refractivity contribution in [1.82, 2.24) is 15.0 Å². The molecule has 0 aliphatic rings. The monoisotopic (exact) mass is 527 g/mol. The first-order chi connectivity index (χ1) is 16.9.